The number of pyridine rings is 1. The van der Waals surface area contributed by atoms with Crippen LogP contribution >= 0.6 is 56.7 Å². The Bertz CT molecular complexity index is 4760. The second-order valence-electron chi connectivity index (χ2n) is 23.9. The zero-order chi connectivity index (χ0) is 70.7. The maximum Gasteiger partial charge on any atom is 0.358 e. The predicted molar refractivity (Wildman–Crippen MR) is 354 cm³/mol. The van der Waals surface area contributed by atoms with Crippen molar-refractivity contribution in [3.63, 3.8) is 0 Å². The quantitative estimate of drug-likeness (QED) is 0.0533. The number of aryl methyl sites for hydroxylation is 1. The van der Waals surface area contributed by atoms with E-state index < -0.39 is 133 Å². The van der Waals surface area contributed by atoms with Crippen LogP contribution in [-0.4, -0.2) is 188 Å². The van der Waals surface area contributed by atoms with Crippen molar-refractivity contribution in [1.29, 1.82) is 0 Å². The Kier molecular flexibility index (Phi) is 19.2. The van der Waals surface area contributed by atoms with Crippen LogP contribution in [0, 0.1) is 6.92 Å². The molecule has 8 aromatic heterocycles. The van der Waals surface area contributed by atoms with Gasteiger partial charge in [-0.25, -0.2) is 39.5 Å². The van der Waals surface area contributed by atoms with Crippen molar-refractivity contribution >= 4 is 115 Å². The van der Waals surface area contributed by atoms with E-state index in [-0.39, 0.29) is 117 Å². The minimum absolute atomic E-state index is 0.0100. The molecule has 0 aliphatic carbocycles. The van der Waals surface area contributed by atoms with Gasteiger partial charge in [0.25, 0.3) is 23.6 Å². The number of carbonyl (C=O) groups is 7. The molecule has 13 rings (SSSR count). The first-order valence-electron chi connectivity index (χ1n) is 30.6. The number of aliphatic hydroxyl groups excluding tert-OH is 1. The van der Waals surface area contributed by atoms with Crippen LogP contribution in [0.4, 0.5) is 0 Å². The van der Waals surface area contributed by atoms with E-state index in [0.29, 0.717) is 16.2 Å². The highest BCUT2D eigenvalue weighted by Gasteiger charge is 2.50. The lowest BCUT2D eigenvalue weighted by Gasteiger charge is -2.48. The highest BCUT2D eigenvalue weighted by molar-refractivity contribution is 7.14. The number of rotatable bonds is 9. The van der Waals surface area contributed by atoms with E-state index >= 15 is 19.2 Å². The number of hydrogen-bond donors (Lipinski definition) is 9. The molecule has 522 valence electrons. The maximum absolute atomic E-state index is 15.2. The van der Waals surface area contributed by atoms with Gasteiger partial charge in [0.2, 0.25) is 17.7 Å². The van der Waals surface area contributed by atoms with Gasteiger partial charge in [-0.2, -0.15) is 4.73 Å². The van der Waals surface area contributed by atoms with E-state index in [4.69, 9.17) is 47.8 Å². The molecule has 10 unspecified atom stereocenters. The van der Waals surface area contributed by atoms with Gasteiger partial charge in [0.05, 0.1) is 49.6 Å². The molecule has 4 aliphatic rings. The Balaban J connectivity index is 0.972. The molecule has 33 nitrogen and oxygen atoms in total. The second-order valence-corrected chi connectivity index (χ2v) is 28.3. The summed E-state index contributed by atoms with van der Waals surface area (Å²) in [5, 5.41) is 76.0. The van der Waals surface area contributed by atoms with Gasteiger partial charge >= 0.3 is 11.9 Å². The number of aromatic hydroxyl groups is 1. The van der Waals surface area contributed by atoms with Gasteiger partial charge in [-0.1, -0.05) is 12.1 Å². The van der Waals surface area contributed by atoms with Crippen LogP contribution in [-0.2, 0) is 57.8 Å². The smallest absolute Gasteiger partial charge is 0.358 e. The first kappa shape index (κ1) is 68.9. The van der Waals surface area contributed by atoms with Gasteiger partial charge in [-0.3, -0.25) is 24.0 Å². The van der Waals surface area contributed by atoms with Crippen molar-refractivity contribution < 1.29 is 86.9 Å². The zero-order valence-electron chi connectivity index (χ0n) is 53.9. The van der Waals surface area contributed by atoms with Crippen LogP contribution in [0.25, 0.3) is 49.3 Å². The fourth-order valence-electron chi connectivity index (χ4n) is 12.1. The molecule has 9 N–H and O–H groups in total. The van der Waals surface area contributed by atoms with Crippen molar-refractivity contribution in [2.45, 2.75) is 121 Å². The standard InChI is InChI=1S/C62H61N15O18S5/c1-23(78)41-54(84)72-42(24(2)89-8)57-68-35(22-98-57)53(83)73-45-47-48(95-39-13-62(5,87)49(76(6)7)25(3)93-39)61(86)91-15-27-10-9-11-36-40(27)29(16-90-47)46(77(36)88)60(85)92-17-30(64-51(81)33-21-100-59(45)69-33)56-65-31(18-97-56)43-28(55-66-34(20-96-55)52(82)71-41)12-37(79)44(70-43)58-67-32(19-99-58)50(80)63-14-38-75-74-26(4)94-38/h9-12,18-23,25,30,39,41,45,47-49,78-79,87-88H,13-17H2,1-8H3,(H,63,80)(H,64,81)(H,71,82)(H,72,84)(H,73,83)/b42-24+. The van der Waals surface area contributed by atoms with E-state index in [1.807, 2.05) is 0 Å². The topological polar surface area (TPSA) is 440 Å². The number of methoxy groups -OCH3 is 1. The fraction of sp³-hybridized carbons (Fsp3) is 0.371. The van der Waals surface area contributed by atoms with E-state index in [1.54, 1.807) is 57.3 Å². The van der Waals surface area contributed by atoms with E-state index in [1.165, 1.54) is 54.6 Å². The van der Waals surface area contributed by atoms with Crippen molar-refractivity contribution in [3.05, 3.63) is 123 Å². The molecule has 12 bridgehead atoms. The number of allylic oxidation sites excluding steroid dienone is 1. The highest BCUT2D eigenvalue weighted by Crippen LogP contribution is 2.43. The first-order chi connectivity index (χ1) is 47.8. The van der Waals surface area contributed by atoms with Gasteiger partial charge in [0.15, 0.2) is 18.1 Å². The van der Waals surface area contributed by atoms with Crippen LogP contribution in [0.1, 0.15) is 137 Å². The number of benzene rings is 1. The van der Waals surface area contributed by atoms with Crippen molar-refractivity contribution in [2.75, 3.05) is 27.8 Å². The summed E-state index contributed by atoms with van der Waals surface area (Å²) in [6.07, 6.45) is -7.51. The van der Waals surface area contributed by atoms with Gasteiger partial charge in [-0.15, -0.1) is 66.9 Å². The normalized spacial score (nSPS) is 23.9. The summed E-state index contributed by atoms with van der Waals surface area (Å²) in [5.74, 6) is -6.47. The average molecular weight is 1460 g/mol. The third-order valence-electron chi connectivity index (χ3n) is 16.7. The lowest BCUT2D eigenvalue weighted by atomic mass is 9.85. The summed E-state index contributed by atoms with van der Waals surface area (Å²) in [5.41, 5.74) is -2.44. The van der Waals surface area contributed by atoms with E-state index in [0.717, 1.165) is 56.7 Å². The Morgan fingerprint density at radius 3 is 2.27 bits per heavy atom. The lowest BCUT2D eigenvalue weighted by Crippen LogP contribution is -2.62. The summed E-state index contributed by atoms with van der Waals surface area (Å²) in [4.78, 5) is 133. The van der Waals surface area contributed by atoms with Crippen LogP contribution in [0.2, 0.25) is 0 Å². The van der Waals surface area contributed by atoms with Gasteiger partial charge in [0.1, 0.15) is 120 Å². The minimum Gasteiger partial charge on any atom is -0.506 e. The van der Waals surface area contributed by atoms with Crippen LogP contribution in [0.3, 0.4) is 0 Å². The number of nitrogens with one attached hydrogen (secondary N) is 5. The Labute approximate surface area is 585 Å². The summed E-state index contributed by atoms with van der Waals surface area (Å²) in [6.45, 7) is 5.78. The number of nitrogens with zero attached hydrogens (tertiary/aromatic N) is 10. The summed E-state index contributed by atoms with van der Waals surface area (Å²) in [7, 11) is 4.86. The summed E-state index contributed by atoms with van der Waals surface area (Å²) >= 11 is 4.62. The lowest BCUT2D eigenvalue weighted by molar-refractivity contribution is -0.280. The number of esters is 2. The number of ether oxygens (including phenoxy) is 6. The number of carbonyl (C=O) groups excluding carboxylic acids is 7. The van der Waals surface area contributed by atoms with Crippen molar-refractivity contribution in [1.82, 2.24) is 76.3 Å². The molecule has 0 spiro atoms. The third kappa shape index (κ3) is 13.5. The largest absolute Gasteiger partial charge is 0.506 e. The number of thiazole rings is 5. The highest BCUT2D eigenvalue weighted by atomic mass is 32.1. The van der Waals surface area contributed by atoms with Gasteiger partial charge in [-0.05, 0) is 59.5 Å². The zero-order valence-corrected chi connectivity index (χ0v) is 58.0. The maximum atomic E-state index is 15.2. The molecular weight excluding hydrogens is 1400 g/mol. The van der Waals surface area contributed by atoms with Crippen LogP contribution in [0.5, 0.6) is 5.75 Å². The molecule has 9 aromatic rings. The Morgan fingerprint density at radius 2 is 1.54 bits per heavy atom. The molecule has 1 aromatic carbocycles. The molecule has 4 aliphatic heterocycles. The molecule has 5 amide bonds. The first-order valence-corrected chi connectivity index (χ1v) is 35.0. The minimum atomic E-state index is -1.91. The Hall–Kier alpha value is -9.61. The van der Waals surface area contributed by atoms with E-state index in [2.05, 4.69) is 51.7 Å². The van der Waals surface area contributed by atoms with Crippen LogP contribution in [0.15, 0.2) is 61.3 Å². The molecule has 10 atom stereocenters. The van der Waals surface area contributed by atoms with Gasteiger partial charge < -0.3 is 84.8 Å². The SMILES string of the molecule is CO/C(C)=C1/NC(=O)C(C(C)O)NC(=O)c2csc(n2)-c2cc(O)c(-c3nc(C(=O)NCc4nnc(C)o4)cs3)nc2-c2csc(n2)C2COC(=O)c3c4c5c(cccc5n3O)COC(=O)C(OC3CC(C)(O)C(N(C)C)C(C)O3)C(OC4)C(NC(=O)c3csc1n3)c1nc(cs1)C(=O)N2. The van der Waals surface area contributed by atoms with Crippen molar-refractivity contribution in [3.8, 4) is 38.4 Å². The number of fused-ring (bicyclic) bond motifs is 15. The number of hydrogen-bond acceptors (Lipinski definition) is 32. The summed E-state index contributed by atoms with van der Waals surface area (Å²) < 4.78 is 43.7. The molecule has 0 saturated carbocycles. The molecule has 1 saturated heterocycles. The molecule has 1 fully saturated rings. The number of cyclic esters (lactones) is 2. The van der Waals surface area contributed by atoms with E-state index in [9.17, 15) is 34.9 Å². The summed E-state index contributed by atoms with van der Waals surface area (Å²) in [6, 6.07) is 0.750. The number of aromatic nitrogens is 9. The molecular formula is C62H61N15O18S5. The molecule has 38 heteroatoms. The average Bonchev–Trinajstić information content (AvgIpc) is 1.50. The monoisotopic (exact) mass is 1460 g/mol. The third-order valence-corrected chi connectivity index (χ3v) is 21.2. The Morgan fingerprint density at radius 1 is 0.850 bits per heavy atom. The molecule has 0 radical (unpaired) electrons. The van der Waals surface area contributed by atoms with Gasteiger partial charge in [0, 0.05) is 56.8 Å². The second kappa shape index (κ2) is 27.8. The molecule has 100 heavy (non-hydrogen) atoms. The predicted octanol–water partition coefficient (Wildman–Crippen LogP) is 4.78. The number of amides is 5. The fourth-order valence-corrected chi connectivity index (χ4v) is 16.3. The molecule has 12 heterocycles. The van der Waals surface area contributed by atoms with Crippen molar-refractivity contribution in [2.24, 2.45) is 0 Å². The number of aliphatic hydroxyl groups is 2. The number of likely N-dealkylation sites (N-methyl/N-ethyl adjacent to an activating group) is 1. The van der Waals surface area contributed by atoms with Crippen LogP contribution < -0.4 is 26.6 Å².